The van der Waals surface area contributed by atoms with Crippen LogP contribution in [0.5, 0.6) is 11.5 Å². The van der Waals surface area contributed by atoms with Gasteiger partial charge in [-0.15, -0.1) is 0 Å². The first kappa shape index (κ1) is 20.6. The van der Waals surface area contributed by atoms with E-state index in [0.717, 1.165) is 16.9 Å². The van der Waals surface area contributed by atoms with E-state index in [1.807, 2.05) is 35.9 Å². The number of carbonyl (C=O) groups is 2. The lowest BCUT2D eigenvalue weighted by Gasteiger charge is -2.23. The fraction of sp³-hybridized carbons (Fsp3) is 0.160. The maximum Gasteiger partial charge on any atom is 0.265 e. The van der Waals surface area contributed by atoms with Crippen molar-refractivity contribution in [3.8, 4) is 11.5 Å². The molecular weight excluding hydrogens is 420 g/mol. The van der Waals surface area contributed by atoms with E-state index in [1.54, 1.807) is 49.4 Å². The lowest BCUT2D eigenvalue weighted by atomic mass is 10.1. The summed E-state index contributed by atoms with van der Waals surface area (Å²) in [7, 11) is 0. The van der Waals surface area contributed by atoms with Crippen LogP contribution in [0.15, 0.2) is 67.0 Å². The lowest BCUT2D eigenvalue weighted by molar-refractivity contribution is -0.122. The van der Waals surface area contributed by atoms with Crippen LogP contribution in [0.4, 0.5) is 11.4 Å². The zero-order chi connectivity index (χ0) is 22.9. The van der Waals surface area contributed by atoms with Gasteiger partial charge in [0.25, 0.3) is 11.8 Å². The second-order valence-electron chi connectivity index (χ2n) is 7.88. The summed E-state index contributed by atoms with van der Waals surface area (Å²) in [5, 5.41) is 5.60. The fourth-order valence-electron chi connectivity index (χ4n) is 3.62. The van der Waals surface area contributed by atoms with E-state index in [1.165, 1.54) is 0 Å². The second-order valence-corrected chi connectivity index (χ2v) is 7.88. The first-order chi connectivity index (χ1) is 16.0. The summed E-state index contributed by atoms with van der Waals surface area (Å²) in [6.07, 6.45) is 3.35. The van der Waals surface area contributed by atoms with E-state index >= 15 is 0 Å². The van der Waals surface area contributed by atoms with Crippen LogP contribution in [0.1, 0.15) is 28.5 Å². The zero-order valence-corrected chi connectivity index (χ0v) is 18.2. The average molecular weight is 442 g/mol. The Morgan fingerprint density at radius 1 is 1.21 bits per heavy atom. The van der Waals surface area contributed by atoms with Crippen molar-refractivity contribution in [2.75, 3.05) is 10.6 Å². The van der Waals surface area contributed by atoms with Gasteiger partial charge in [-0.1, -0.05) is 6.07 Å². The van der Waals surface area contributed by atoms with Crippen LogP contribution in [0.2, 0.25) is 0 Å². The predicted octanol–water partition coefficient (Wildman–Crippen LogP) is 4.19. The van der Waals surface area contributed by atoms with Crippen LogP contribution in [-0.4, -0.2) is 27.3 Å². The number of nitrogens with one attached hydrogen (secondary N) is 2. The molecule has 2 N–H and O–H groups in total. The standard InChI is InChI=1S/C25H22N4O4/c1-15-4-3-11-29-13-19(26-23(15)29)14-32-20-8-5-17(6-9-20)25(31)27-18-7-10-22-21(12-18)28-24(30)16(2)33-22/h3-13,16H,14H2,1-2H3,(H,27,31)(H,28,30). The smallest absolute Gasteiger partial charge is 0.265 e. The minimum absolute atomic E-state index is 0.222. The Hall–Kier alpha value is -4.33. The molecule has 0 radical (unpaired) electrons. The number of pyridine rings is 1. The third-order valence-corrected chi connectivity index (χ3v) is 5.40. The van der Waals surface area contributed by atoms with Gasteiger partial charge in [-0.3, -0.25) is 9.59 Å². The number of aromatic nitrogens is 2. The number of carbonyl (C=O) groups excluding carboxylic acids is 2. The van der Waals surface area contributed by atoms with Crippen LogP contribution in [0, 0.1) is 6.92 Å². The summed E-state index contributed by atoms with van der Waals surface area (Å²) in [6.45, 7) is 4.03. The number of nitrogens with zero attached hydrogens (tertiary/aromatic N) is 2. The fourth-order valence-corrected chi connectivity index (χ4v) is 3.62. The average Bonchev–Trinajstić information content (AvgIpc) is 3.24. The molecule has 33 heavy (non-hydrogen) atoms. The molecule has 1 atom stereocenters. The van der Waals surface area contributed by atoms with E-state index in [-0.39, 0.29) is 11.8 Å². The SMILES string of the molecule is Cc1cccn2cc(COc3ccc(C(=O)Nc4ccc5c(c4)NC(=O)C(C)O5)cc3)nc12. The summed E-state index contributed by atoms with van der Waals surface area (Å²) < 4.78 is 13.3. The first-order valence-electron chi connectivity index (χ1n) is 10.6. The van der Waals surface area contributed by atoms with Crippen molar-refractivity contribution < 1.29 is 19.1 Å². The molecule has 1 aliphatic rings. The third-order valence-electron chi connectivity index (χ3n) is 5.40. The highest BCUT2D eigenvalue weighted by molar-refractivity contribution is 6.05. The van der Waals surface area contributed by atoms with Crippen LogP contribution in [0.3, 0.4) is 0 Å². The Morgan fingerprint density at radius 3 is 2.82 bits per heavy atom. The molecule has 8 nitrogen and oxygen atoms in total. The number of anilines is 2. The quantitative estimate of drug-likeness (QED) is 0.483. The van der Waals surface area contributed by atoms with Crippen molar-refractivity contribution in [3.63, 3.8) is 0 Å². The van der Waals surface area contributed by atoms with E-state index in [9.17, 15) is 9.59 Å². The van der Waals surface area contributed by atoms with E-state index in [2.05, 4.69) is 15.6 Å². The number of fused-ring (bicyclic) bond motifs is 2. The molecule has 0 bridgehead atoms. The van der Waals surface area contributed by atoms with Crippen molar-refractivity contribution in [3.05, 3.63) is 83.8 Å². The number of amides is 2. The van der Waals surface area contributed by atoms with E-state index < -0.39 is 6.10 Å². The number of aryl methyl sites for hydroxylation is 1. The number of hydrogen-bond acceptors (Lipinski definition) is 5. The Balaban J connectivity index is 1.22. The molecule has 0 saturated carbocycles. The topological polar surface area (TPSA) is 94.0 Å². The molecule has 5 rings (SSSR count). The molecule has 166 valence electrons. The predicted molar refractivity (Wildman–Crippen MR) is 124 cm³/mol. The Kier molecular flexibility index (Phi) is 5.18. The largest absolute Gasteiger partial charge is 0.487 e. The van der Waals surface area contributed by atoms with Crippen LogP contribution in [-0.2, 0) is 11.4 Å². The summed E-state index contributed by atoms with van der Waals surface area (Å²) in [6, 6.07) is 16.0. The monoisotopic (exact) mass is 442 g/mol. The first-order valence-corrected chi connectivity index (χ1v) is 10.6. The van der Waals surface area contributed by atoms with Crippen molar-refractivity contribution >= 4 is 28.8 Å². The van der Waals surface area contributed by atoms with E-state index in [0.29, 0.717) is 35.0 Å². The number of imidazole rings is 1. The van der Waals surface area contributed by atoms with Crippen molar-refractivity contribution in [2.24, 2.45) is 0 Å². The minimum Gasteiger partial charge on any atom is -0.487 e. The van der Waals surface area contributed by atoms with Crippen molar-refractivity contribution in [1.82, 2.24) is 9.38 Å². The maximum absolute atomic E-state index is 12.6. The summed E-state index contributed by atoms with van der Waals surface area (Å²) in [4.78, 5) is 29.0. The molecule has 0 spiro atoms. The minimum atomic E-state index is -0.546. The number of hydrogen-bond donors (Lipinski definition) is 2. The van der Waals surface area contributed by atoms with Gasteiger partial charge in [0.05, 0.1) is 11.4 Å². The molecule has 1 aliphatic heterocycles. The molecule has 2 aromatic carbocycles. The number of ether oxygens (including phenoxy) is 2. The molecule has 0 aliphatic carbocycles. The van der Waals surface area contributed by atoms with Crippen LogP contribution in [0.25, 0.3) is 5.65 Å². The van der Waals surface area contributed by atoms with Crippen molar-refractivity contribution in [1.29, 1.82) is 0 Å². The van der Waals surface area contributed by atoms with E-state index in [4.69, 9.17) is 9.47 Å². The highest BCUT2D eigenvalue weighted by Crippen LogP contribution is 2.32. The Labute approximate surface area is 190 Å². The van der Waals surface area contributed by atoms with Gasteiger partial charge < -0.3 is 24.5 Å². The normalized spacial score (nSPS) is 14.8. The van der Waals surface area contributed by atoms with Crippen LogP contribution >= 0.6 is 0 Å². The van der Waals surface area contributed by atoms with Gasteiger partial charge in [-0.2, -0.15) is 0 Å². The molecule has 4 aromatic rings. The Bertz CT molecular complexity index is 1360. The van der Waals surface area contributed by atoms with Crippen molar-refractivity contribution in [2.45, 2.75) is 26.6 Å². The maximum atomic E-state index is 12.6. The highest BCUT2D eigenvalue weighted by Gasteiger charge is 2.23. The zero-order valence-electron chi connectivity index (χ0n) is 18.2. The van der Waals surface area contributed by atoms with Gasteiger partial charge in [0.15, 0.2) is 6.10 Å². The third kappa shape index (κ3) is 4.23. The number of rotatable bonds is 5. The molecule has 2 amide bonds. The van der Waals surface area contributed by atoms with Gasteiger partial charge >= 0.3 is 0 Å². The van der Waals surface area contributed by atoms with Crippen LogP contribution < -0.4 is 20.1 Å². The van der Waals surface area contributed by atoms with Gasteiger partial charge in [-0.25, -0.2) is 4.98 Å². The second kappa shape index (κ2) is 8.31. The summed E-state index contributed by atoms with van der Waals surface area (Å²) in [5.74, 6) is 0.722. The van der Waals surface area contributed by atoms with Gasteiger partial charge in [0, 0.05) is 23.6 Å². The molecular formula is C25H22N4O4. The van der Waals surface area contributed by atoms with Gasteiger partial charge in [0.1, 0.15) is 23.8 Å². The molecule has 3 heterocycles. The molecule has 0 fully saturated rings. The highest BCUT2D eigenvalue weighted by atomic mass is 16.5. The molecule has 0 saturated heterocycles. The molecule has 2 aromatic heterocycles. The molecule has 1 unspecified atom stereocenters. The lowest BCUT2D eigenvalue weighted by Crippen LogP contribution is -2.34. The summed E-state index contributed by atoms with van der Waals surface area (Å²) >= 11 is 0. The molecule has 8 heteroatoms. The summed E-state index contributed by atoms with van der Waals surface area (Å²) in [5.41, 5.74) is 4.40. The Morgan fingerprint density at radius 2 is 2.03 bits per heavy atom. The number of benzene rings is 2. The van der Waals surface area contributed by atoms with Gasteiger partial charge in [-0.05, 0) is 67.9 Å². The van der Waals surface area contributed by atoms with Gasteiger partial charge in [0.2, 0.25) is 0 Å².